The van der Waals surface area contributed by atoms with Gasteiger partial charge in [0, 0.05) is 18.5 Å². The standard InChI is InChI=1S/C29H31N3O5/c1-16-11-17(2)25(18(3)12-16)32-29(37)30-24-15-20-8-5-4-7-19(20)14-23(24)27(34)31-26(28(35)36)21-9-6-10-22(33)13-21/h4-5,7-8,11-12,14-15,21,26H,6,9-10,13H2,1-3H3,(H,31,34)(H,35,36)(H2,30,32,37)/t21-,26-/m0/s1. The number of aliphatic carboxylic acids is 1. The molecule has 0 aliphatic heterocycles. The van der Waals surface area contributed by atoms with E-state index < -0.39 is 29.9 Å². The average molecular weight is 502 g/mol. The molecule has 4 N–H and O–H groups in total. The summed E-state index contributed by atoms with van der Waals surface area (Å²) in [5.74, 6) is -2.29. The predicted octanol–water partition coefficient (Wildman–Crippen LogP) is 5.35. The fourth-order valence-corrected chi connectivity index (χ4v) is 5.12. The maximum atomic E-state index is 13.4. The molecule has 0 bridgehead atoms. The number of anilines is 2. The van der Waals surface area contributed by atoms with E-state index in [1.165, 1.54) is 0 Å². The molecule has 0 aromatic heterocycles. The second-order valence-electron chi connectivity index (χ2n) is 9.78. The van der Waals surface area contributed by atoms with Crippen LogP contribution in [-0.2, 0) is 9.59 Å². The topological polar surface area (TPSA) is 125 Å². The fourth-order valence-electron chi connectivity index (χ4n) is 5.12. The SMILES string of the molecule is Cc1cc(C)c(NC(=O)Nc2cc3ccccc3cc2C(=O)N[C@H](C(=O)O)[C@H]2CCCC(=O)C2)c(C)c1. The number of carbonyl (C=O) groups excluding carboxylic acids is 3. The molecule has 0 radical (unpaired) electrons. The van der Waals surface area contributed by atoms with Crippen molar-refractivity contribution in [1.82, 2.24) is 5.32 Å². The van der Waals surface area contributed by atoms with E-state index in [1.54, 1.807) is 12.1 Å². The number of rotatable bonds is 6. The zero-order chi connectivity index (χ0) is 26.7. The van der Waals surface area contributed by atoms with Gasteiger partial charge in [0.05, 0.1) is 11.3 Å². The number of ketones is 1. The molecule has 8 heteroatoms. The molecule has 3 amide bonds. The minimum absolute atomic E-state index is 0.00294. The van der Waals surface area contributed by atoms with Gasteiger partial charge in [0.25, 0.3) is 5.91 Å². The van der Waals surface area contributed by atoms with Gasteiger partial charge in [-0.1, -0.05) is 42.0 Å². The number of hydrogen-bond donors (Lipinski definition) is 4. The van der Waals surface area contributed by atoms with E-state index in [0.29, 0.717) is 24.9 Å². The first kappa shape index (κ1) is 25.9. The lowest BCUT2D eigenvalue weighted by atomic mass is 9.83. The van der Waals surface area contributed by atoms with Gasteiger partial charge >= 0.3 is 12.0 Å². The molecule has 192 valence electrons. The number of carboxylic acids is 1. The van der Waals surface area contributed by atoms with Gasteiger partial charge in [-0.05, 0) is 73.6 Å². The maximum absolute atomic E-state index is 13.4. The summed E-state index contributed by atoms with van der Waals surface area (Å²) in [7, 11) is 0. The van der Waals surface area contributed by atoms with Crippen LogP contribution in [0.5, 0.6) is 0 Å². The van der Waals surface area contributed by atoms with E-state index in [9.17, 15) is 24.3 Å². The van der Waals surface area contributed by atoms with Crippen molar-refractivity contribution in [3.05, 3.63) is 70.8 Å². The van der Waals surface area contributed by atoms with Crippen molar-refractivity contribution >= 4 is 45.8 Å². The van der Waals surface area contributed by atoms with Crippen LogP contribution in [0.25, 0.3) is 10.8 Å². The number of carbonyl (C=O) groups is 4. The lowest BCUT2D eigenvalue weighted by molar-refractivity contribution is -0.141. The summed E-state index contributed by atoms with van der Waals surface area (Å²) in [5, 5.41) is 19.7. The number of aryl methyl sites for hydroxylation is 3. The molecule has 1 fully saturated rings. The Kier molecular flexibility index (Phi) is 7.57. The Morgan fingerprint density at radius 3 is 2.22 bits per heavy atom. The molecular formula is C29H31N3O5. The minimum atomic E-state index is -1.21. The average Bonchev–Trinajstić information content (AvgIpc) is 2.84. The van der Waals surface area contributed by atoms with Gasteiger partial charge in [0.15, 0.2) is 0 Å². The zero-order valence-electron chi connectivity index (χ0n) is 21.2. The van der Waals surface area contributed by atoms with Crippen molar-refractivity contribution in [3.63, 3.8) is 0 Å². The summed E-state index contributed by atoms with van der Waals surface area (Å²) in [6.45, 7) is 5.80. The Balaban J connectivity index is 1.63. The lowest BCUT2D eigenvalue weighted by Gasteiger charge is -2.27. The number of hydrogen-bond acceptors (Lipinski definition) is 4. The third kappa shape index (κ3) is 5.97. The van der Waals surface area contributed by atoms with Gasteiger partial charge < -0.3 is 21.1 Å². The van der Waals surface area contributed by atoms with E-state index in [2.05, 4.69) is 16.0 Å². The predicted molar refractivity (Wildman–Crippen MR) is 143 cm³/mol. The Labute approximate surface area is 215 Å². The number of nitrogens with one attached hydrogen (secondary N) is 3. The van der Waals surface area contributed by atoms with E-state index in [-0.39, 0.29) is 23.5 Å². The first-order valence-electron chi connectivity index (χ1n) is 12.4. The lowest BCUT2D eigenvalue weighted by Crippen LogP contribution is -2.47. The summed E-state index contributed by atoms with van der Waals surface area (Å²) in [6, 6.07) is 12.9. The molecule has 3 aromatic carbocycles. The zero-order valence-corrected chi connectivity index (χ0v) is 21.2. The van der Waals surface area contributed by atoms with Crippen LogP contribution in [0.15, 0.2) is 48.5 Å². The summed E-state index contributed by atoms with van der Waals surface area (Å²) in [4.78, 5) is 50.4. The van der Waals surface area contributed by atoms with Gasteiger partial charge in [0.1, 0.15) is 11.8 Å². The fraction of sp³-hybridized carbons (Fsp3) is 0.310. The Morgan fingerprint density at radius 2 is 1.59 bits per heavy atom. The highest BCUT2D eigenvalue weighted by atomic mass is 16.4. The van der Waals surface area contributed by atoms with Gasteiger partial charge in [0.2, 0.25) is 0 Å². The van der Waals surface area contributed by atoms with E-state index >= 15 is 0 Å². The molecular weight excluding hydrogens is 470 g/mol. The molecule has 0 heterocycles. The third-order valence-electron chi connectivity index (χ3n) is 6.84. The van der Waals surface area contributed by atoms with Crippen molar-refractivity contribution in [1.29, 1.82) is 0 Å². The normalized spacial score (nSPS) is 16.2. The molecule has 1 saturated carbocycles. The second kappa shape index (κ2) is 10.8. The molecule has 2 atom stereocenters. The highest BCUT2D eigenvalue weighted by Gasteiger charge is 2.34. The summed E-state index contributed by atoms with van der Waals surface area (Å²) in [6.07, 6.45) is 1.70. The number of Topliss-reactive ketones (excluding diaryl/α,β-unsaturated/α-hetero) is 1. The van der Waals surface area contributed by atoms with E-state index in [4.69, 9.17) is 0 Å². The highest BCUT2D eigenvalue weighted by molar-refractivity contribution is 6.10. The Morgan fingerprint density at radius 1 is 0.946 bits per heavy atom. The molecule has 0 saturated heterocycles. The first-order chi connectivity index (χ1) is 17.6. The van der Waals surface area contributed by atoms with E-state index in [0.717, 1.165) is 27.5 Å². The summed E-state index contributed by atoms with van der Waals surface area (Å²) >= 11 is 0. The smallest absolute Gasteiger partial charge is 0.326 e. The number of carboxylic acid groups (broad SMARTS) is 1. The van der Waals surface area contributed by atoms with Crippen LogP contribution in [0.2, 0.25) is 0 Å². The van der Waals surface area contributed by atoms with Gasteiger partial charge in [-0.15, -0.1) is 0 Å². The third-order valence-corrected chi connectivity index (χ3v) is 6.84. The van der Waals surface area contributed by atoms with Crippen LogP contribution in [0.1, 0.15) is 52.7 Å². The van der Waals surface area contributed by atoms with Crippen LogP contribution in [-0.4, -0.2) is 34.8 Å². The molecule has 37 heavy (non-hydrogen) atoms. The largest absolute Gasteiger partial charge is 0.480 e. The van der Waals surface area contributed by atoms with Gasteiger partial charge in [-0.2, -0.15) is 0 Å². The molecule has 4 rings (SSSR count). The summed E-state index contributed by atoms with van der Waals surface area (Å²) < 4.78 is 0. The number of amides is 3. The molecule has 1 aliphatic carbocycles. The van der Waals surface area contributed by atoms with Crippen LogP contribution < -0.4 is 16.0 Å². The van der Waals surface area contributed by atoms with Crippen molar-refractivity contribution in [2.24, 2.45) is 5.92 Å². The van der Waals surface area contributed by atoms with Crippen LogP contribution in [0, 0.1) is 26.7 Å². The molecule has 1 aliphatic rings. The molecule has 0 spiro atoms. The quantitative estimate of drug-likeness (QED) is 0.362. The first-order valence-corrected chi connectivity index (χ1v) is 12.4. The minimum Gasteiger partial charge on any atom is -0.480 e. The van der Waals surface area contributed by atoms with Crippen molar-refractivity contribution < 1.29 is 24.3 Å². The number of benzene rings is 3. The van der Waals surface area contributed by atoms with Crippen molar-refractivity contribution in [2.75, 3.05) is 10.6 Å². The summed E-state index contributed by atoms with van der Waals surface area (Å²) in [5.41, 5.74) is 3.98. The van der Waals surface area contributed by atoms with Crippen LogP contribution in [0.4, 0.5) is 16.2 Å². The molecule has 3 aromatic rings. The number of fused-ring (bicyclic) bond motifs is 1. The van der Waals surface area contributed by atoms with Crippen molar-refractivity contribution in [2.45, 2.75) is 52.5 Å². The molecule has 0 unspecified atom stereocenters. The van der Waals surface area contributed by atoms with Crippen molar-refractivity contribution in [3.8, 4) is 0 Å². The second-order valence-corrected chi connectivity index (χ2v) is 9.78. The number of urea groups is 1. The maximum Gasteiger partial charge on any atom is 0.326 e. The van der Waals surface area contributed by atoms with Crippen LogP contribution in [0.3, 0.4) is 0 Å². The Hall–Kier alpha value is -4.20. The monoisotopic (exact) mass is 501 g/mol. The van der Waals surface area contributed by atoms with Crippen LogP contribution >= 0.6 is 0 Å². The Bertz CT molecular complexity index is 1370. The van der Waals surface area contributed by atoms with E-state index in [1.807, 2.05) is 57.2 Å². The highest BCUT2D eigenvalue weighted by Crippen LogP contribution is 2.28. The van der Waals surface area contributed by atoms with Gasteiger partial charge in [-0.3, -0.25) is 9.59 Å². The molecule has 8 nitrogen and oxygen atoms in total. The van der Waals surface area contributed by atoms with Gasteiger partial charge in [-0.25, -0.2) is 9.59 Å².